The minimum absolute atomic E-state index is 0.0618. The summed E-state index contributed by atoms with van der Waals surface area (Å²) in [5.41, 5.74) is 6.74. The quantitative estimate of drug-likeness (QED) is 0.725. The van der Waals surface area contributed by atoms with Gasteiger partial charge in [0.15, 0.2) is 5.78 Å². The highest BCUT2D eigenvalue weighted by Crippen LogP contribution is 2.65. The number of allylic oxidation sites excluding steroid dienone is 1. The van der Waals surface area contributed by atoms with E-state index >= 15 is 0 Å². The van der Waals surface area contributed by atoms with E-state index in [0.29, 0.717) is 24.2 Å². The molecule has 4 nitrogen and oxygen atoms in total. The maximum atomic E-state index is 12.3. The van der Waals surface area contributed by atoms with Gasteiger partial charge in [0.2, 0.25) is 5.91 Å². The Bertz CT molecular complexity index is 626. The zero-order valence-corrected chi connectivity index (χ0v) is 14.8. The number of amides is 1. The average Bonchev–Trinajstić information content (AvgIpc) is 2.83. The zero-order chi connectivity index (χ0) is 17.3. The van der Waals surface area contributed by atoms with Crippen LogP contribution in [0, 0.1) is 34.5 Å². The molecule has 0 aromatic carbocycles. The monoisotopic (exact) mass is 331 g/mol. The second-order valence-corrected chi connectivity index (χ2v) is 9.20. The summed E-state index contributed by atoms with van der Waals surface area (Å²) in [4.78, 5) is 24.0. The molecule has 0 aromatic rings. The minimum Gasteiger partial charge on any atom is -0.393 e. The van der Waals surface area contributed by atoms with Gasteiger partial charge in [0, 0.05) is 0 Å². The van der Waals surface area contributed by atoms with Crippen LogP contribution in [0.3, 0.4) is 0 Å². The number of ketones is 1. The van der Waals surface area contributed by atoms with Gasteiger partial charge in [-0.2, -0.15) is 0 Å². The SMILES string of the molecule is C[C@]12CC(C(N)=O)C(=O)C=C1CCC1C2CC[C@@]2(C)C1CC[C@@H]2O. The summed E-state index contributed by atoms with van der Waals surface area (Å²) in [5.74, 6) is 0.468. The predicted octanol–water partition coefficient (Wildman–Crippen LogP) is 2.59. The van der Waals surface area contributed by atoms with E-state index in [2.05, 4.69) is 13.8 Å². The molecule has 24 heavy (non-hydrogen) atoms. The first-order chi connectivity index (χ1) is 11.3. The number of aliphatic hydroxyl groups is 1. The molecule has 0 radical (unpaired) electrons. The molecule has 0 aliphatic heterocycles. The highest BCUT2D eigenvalue weighted by molar-refractivity contribution is 6.07. The molecule has 0 saturated heterocycles. The summed E-state index contributed by atoms with van der Waals surface area (Å²) in [5, 5.41) is 10.5. The lowest BCUT2D eigenvalue weighted by Crippen LogP contribution is -2.53. The van der Waals surface area contributed by atoms with Gasteiger partial charge in [-0.05, 0) is 79.6 Å². The van der Waals surface area contributed by atoms with Gasteiger partial charge in [0.1, 0.15) is 5.92 Å². The lowest BCUT2D eigenvalue weighted by Gasteiger charge is -2.58. The normalized spacial score (nSPS) is 50.5. The lowest BCUT2D eigenvalue weighted by atomic mass is 9.46. The van der Waals surface area contributed by atoms with Crippen LogP contribution < -0.4 is 5.73 Å². The van der Waals surface area contributed by atoms with E-state index in [4.69, 9.17) is 5.73 Å². The van der Waals surface area contributed by atoms with Gasteiger partial charge >= 0.3 is 0 Å². The van der Waals surface area contributed by atoms with E-state index in [1.807, 2.05) is 0 Å². The summed E-state index contributed by atoms with van der Waals surface area (Å²) in [6.45, 7) is 4.53. The van der Waals surface area contributed by atoms with Gasteiger partial charge in [-0.25, -0.2) is 0 Å². The van der Waals surface area contributed by atoms with Gasteiger partial charge in [-0.15, -0.1) is 0 Å². The summed E-state index contributed by atoms with van der Waals surface area (Å²) in [7, 11) is 0. The molecular weight excluding hydrogens is 302 g/mol. The third-order valence-electron chi connectivity index (χ3n) is 8.32. The minimum atomic E-state index is -0.653. The third-order valence-corrected chi connectivity index (χ3v) is 8.32. The Balaban J connectivity index is 1.69. The second-order valence-electron chi connectivity index (χ2n) is 9.20. The molecule has 3 saturated carbocycles. The topological polar surface area (TPSA) is 80.4 Å². The highest BCUT2D eigenvalue weighted by Gasteiger charge is 2.59. The maximum Gasteiger partial charge on any atom is 0.228 e. The fourth-order valence-electron chi connectivity index (χ4n) is 6.86. The second kappa shape index (κ2) is 5.17. The molecule has 4 unspecified atom stereocenters. The van der Waals surface area contributed by atoms with Crippen molar-refractivity contribution in [1.82, 2.24) is 0 Å². The number of rotatable bonds is 1. The Kier molecular flexibility index (Phi) is 3.51. The van der Waals surface area contributed by atoms with Crippen LogP contribution in [0.4, 0.5) is 0 Å². The predicted molar refractivity (Wildman–Crippen MR) is 90.8 cm³/mol. The molecule has 3 N–H and O–H groups in total. The van der Waals surface area contributed by atoms with Crippen molar-refractivity contribution in [2.75, 3.05) is 0 Å². The van der Waals surface area contributed by atoms with Gasteiger partial charge < -0.3 is 10.8 Å². The molecule has 0 heterocycles. The Morgan fingerprint density at radius 1 is 1.21 bits per heavy atom. The first-order valence-electron chi connectivity index (χ1n) is 9.49. The van der Waals surface area contributed by atoms with E-state index in [-0.39, 0.29) is 22.7 Å². The van der Waals surface area contributed by atoms with Crippen LogP contribution in [0.2, 0.25) is 0 Å². The molecule has 132 valence electrons. The molecule has 1 amide bonds. The summed E-state index contributed by atoms with van der Waals surface area (Å²) in [6.07, 6.45) is 8.41. The zero-order valence-electron chi connectivity index (χ0n) is 14.8. The van der Waals surface area contributed by atoms with Crippen molar-refractivity contribution in [2.45, 2.75) is 64.9 Å². The molecular formula is C20H29NO3. The van der Waals surface area contributed by atoms with Crippen LogP contribution in [-0.4, -0.2) is 22.9 Å². The van der Waals surface area contributed by atoms with Crippen molar-refractivity contribution in [3.8, 4) is 0 Å². The molecule has 0 aromatic heterocycles. The maximum absolute atomic E-state index is 12.3. The summed E-state index contributed by atoms with van der Waals surface area (Å²) < 4.78 is 0. The number of carbonyl (C=O) groups is 2. The Morgan fingerprint density at radius 3 is 2.67 bits per heavy atom. The number of primary amides is 1. The fraction of sp³-hybridized carbons (Fsp3) is 0.800. The first-order valence-corrected chi connectivity index (χ1v) is 9.49. The molecule has 4 heteroatoms. The Morgan fingerprint density at radius 2 is 1.96 bits per heavy atom. The van der Waals surface area contributed by atoms with Crippen molar-refractivity contribution < 1.29 is 14.7 Å². The van der Waals surface area contributed by atoms with Crippen LogP contribution in [0.15, 0.2) is 11.6 Å². The number of fused-ring (bicyclic) bond motifs is 5. The molecule has 4 rings (SSSR count). The fourth-order valence-corrected chi connectivity index (χ4v) is 6.86. The van der Waals surface area contributed by atoms with E-state index in [0.717, 1.165) is 38.5 Å². The molecule has 3 fully saturated rings. The largest absolute Gasteiger partial charge is 0.393 e. The summed E-state index contributed by atoms with van der Waals surface area (Å²) in [6, 6.07) is 0. The van der Waals surface area contributed by atoms with Crippen LogP contribution in [-0.2, 0) is 9.59 Å². The van der Waals surface area contributed by atoms with Crippen molar-refractivity contribution in [1.29, 1.82) is 0 Å². The number of hydrogen-bond donors (Lipinski definition) is 2. The molecule has 7 atom stereocenters. The number of carbonyl (C=O) groups excluding carboxylic acids is 2. The smallest absolute Gasteiger partial charge is 0.228 e. The van der Waals surface area contributed by atoms with E-state index in [1.54, 1.807) is 6.08 Å². The Hall–Kier alpha value is -1.16. The van der Waals surface area contributed by atoms with Crippen LogP contribution in [0.5, 0.6) is 0 Å². The number of hydrogen-bond acceptors (Lipinski definition) is 3. The number of aliphatic hydroxyl groups excluding tert-OH is 1. The molecule has 0 bridgehead atoms. The van der Waals surface area contributed by atoms with Crippen LogP contribution >= 0.6 is 0 Å². The van der Waals surface area contributed by atoms with Crippen molar-refractivity contribution in [3.63, 3.8) is 0 Å². The van der Waals surface area contributed by atoms with Crippen molar-refractivity contribution >= 4 is 11.7 Å². The van der Waals surface area contributed by atoms with E-state index in [9.17, 15) is 14.7 Å². The average molecular weight is 331 g/mol. The Labute approximate surface area is 143 Å². The molecule has 4 aliphatic rings. The summed E-state index contributed by atoms with van der Waals surface area (Å²) >= 11 is 0. The van der Waals surface area contributed by atoms with E-state index in [1.165, 1.54) is 5.57 Å². The van der Waals surface area contributed by atoms with Crippen LogP contribution in [0.1, 0.15) is 58.8 Å². The highest BCUT2D eigenvalue weighted by atomic mass is 16.3. The lowest BCUT2D eigenvalue weighted by molar-refractivity contribution is -0.134. The van der Waals surface area contributed by atoms with E-state index < -0.39 is 11.8 Å². The first kappa shape index (κ1) is 16.3. The standard InChI is InChI=1S/C20H29NO3/c1-19-8-7-15-12(14(19)5-6-17(19)23)4-3-11-9-16(22)13(18(21)24)10-20(11,15)2/h9,12-15,17,23H,3-8,10H2,1-2H3,(H2,21,24)/t12?,13?,14?,15?,17-,19-,20-/m0/s1. The van der Waals surface area contributed by atoms with Gasteiger partial charge in [0.05, 0.1) is 6.10 Å². The van der Waals surface area contributed by atoms with Crippen molar-refractivity contribution in [2.24, 2.45) is 40.2 Å². The third kappa shape index (κ3) is 2.01. The van der Waals surface area contributed by atoms with Gasteiger partial charge in [-0.1, -0.05) is 19.4 Å². The molecule has 4 aliphatic carbocycles. The molecule has 0 spiro atoms. The van der Waals surface area contributed by atoms with Gasteiger partial charge in [-0.3, -0.25) is 9.59 Å². The van der Waals surface area contributed by atoms with Crippen LogP contribution in [0.25, 0.3) is 0 Å². The van der Waals surface area contributed by atoms with Crippen molar-refractivity contribution in [3.05, 3.63) is 11.6 Å². The van der Waals surface area contributed by atoms with Gasteiger partial charge in [0.25, 0.3) is 0 Å². The number of nitrogens with two attached hydrogens (primary N) is 1.